The van der Waals surface area contributed by atoms with Crippen LogP contribution in [-0.2, 0) is 0 Å². The summed E-state index contributed by atoms with van der Waals surface area (Å²) in [5.74, 6) is 4.72. The zero-order valence-electron chi connectivity index (χ0n) is 11.1. The van der Waals surface area contributed by atoms with Gasteiger partial charge in [0.1, 0.15) is 11.5 Å². The molecule has 0 aliphatic heterocycles. The van der Waals surface area contributed by atoms with Crippen LogP contribution in [0.2, 0.25) is 0 Å². The molecular weight excluding hydrogens is 261 g/mol. The quantitative estimate of drug-likeness (QED) is 0.655. The predicted molar refractivity (Wildman–Crippen MR) is 73.7 cm³/mol. The van der Waals surface area contributed by atoms with E-state index >= 15 is 0 Å². The van der Waals surface area contributed by atoms with Gasteiger partial charge in [-0.05, 0) is 37.3 Å². The molecule has 0 aliphatic rings. The molecule has 0 radical (unpaired) electrons. The highest BCUT2D eigenvalue weighted by atomic mass is 19.1. The molecule has 1 amide bonds. The van der Waals surface area contributed by atoms with Crippen molar-refractivity contribution in [2.75, 3.05) is 17.4 Å². The number of nitrogens with zero attached hydrogens (tertiary/aromatic N) is 3. The Bertz CT molecular complexity index is 629. The molecule has 6 nitrogen and oxygen atoms in total. The average molecular weight is 275 g/mol. The van der Waals surface area contributed by atoms with E-state index in [0.717, 1.165) is 0 Å². The summed E-state index contributed by atoms with van der Waals surface area (Å²) in [7, 11) is 1.59. The van der Waals surface area contributed by atoms with Crippen molar-refractivity contribution in [1.29, 1.82) is 0 Å². The van der Waals surface area contributed by atoms with Crippen LogP contribution >= 0.6 is 0 Å². The number of rotatable bonds is 3. The third kappa shape index (κ3) is 2.89. The molecule has 0 fully saturated rings. The topological polar surface area (TPSA) is 84.1 Å². The van der Waals surface area contributed by atoms with Gasteiger partial charge in [0.25, 0.3) is 5.91 Å². The van der Waals surface area contributed by atoms with Gasteiger partial charge < -0.3 is 4.90 Å². The smallest absolute Gasteiger partial charge is 0.276 e. The second-order valence-corrected chi connectivity index (χ2v) is 4.20. The Morgan fingerprint density at radius 2 is 1.95 bits per heavy atom. The highest BCUT2D eigenvalue weighted by Crippen LogP contribution is 2.16. The van der Waals surface area contributed by atoms with Gasteiger partial charge in [-0.3, -0.25) is 10.2 Å². The van der Waals surface area contributed by atoms with Gasteiger partial charge in [0, 0.05) is 18.4 Å². The molecule has 1 aromatic heterocycles. The Morgan fingerprint density at radius 3 is 2.55 bits per heavy atom. The second kappa shape index (κ2) is 5.62. The van der Waals surface area contributed by atoms with Gasteiger partial charge in [-0.1, -0.05) is 0 Å². The van der Waals surface area contributed by atoms with Crippen LogP contribution in [0.1, 0.15) is 16.2 Å². The lowest BCUT2D eigenvalue weighted by Gasteiger charge is -2.17. The largest absolute Gasteiger partial charge is 0.310 e. The standard InChI is InChI=1S/C13H14FN5O/c1-8-7-11(17-13(16-8)18-15)12(20)19(2)10-5-3-9(14)4-6-10/h3-7H,15H2,1-2H3,(H,16,17,18). The first-order valence-corrected chi connectivity index (χ1v) is 5.87. The van der Waals surface area contributed by atoms with Crippen LogP contribution in [0.3, 0.4) is 0 Å². The van der Waals surface area contributed by atoms with Crippen LogP contribution in [-0.4, -0.2) is 22.9 Å². The zero-order valence-corrected chi connectivity index (χ0v) is 11.1. The van der Waals surface area contributed by atoms with Gasteiger partial charge >= 0.3 is 0 Å². The molecule has 1 aromatic carbocycles. The van der Waals surface area contributed by atoms with E-state index in [4.69, 9.17) is 5.84 Å². The normalized spacial score (nSPS) is 10.2. The molecule has 20 heavy (non-hydrogen) atoms. The number of hydrogen-bond acceptors (Lipinski definition) is 5. The van der Waals surface area contributed by atoms with E-state index < -0.39 is 0 Å². The molecule has 0 atom stereocenters. The van der Waals surface area contributed by atoms with Crippen LogP contribution in [0.25, 0.3) is 0 Å². The van der Waals surface area contributed by atoms with Gasteiger partial charge in [0.05, 0.1) is 0 Å². The third-order valence-corrected chi connectivity index (χ3v) is 2.72. The van der Waals surface area contributed by atoms with Crippen molar-refractivity contribution >= 4 is 17.5 Å². The lowest BCUT2D eigenvalue weighted by molar-refractivity contribution is 0.0988. The third-order valence-electron chi connectivity index (χ3n) is 2.72. The number of anilines is 2. The Morgan fingerprint density at radius 1 is 1.30 bits per heavy atom. The highest BCUT2D eigenvalue weighted by molar-refractivity contribution is 6.04. The minimum Gasteiger partial charge on any atom is -0.310 e. The number of benzene rings is 1. The Balaban J connectivity index is 2.30. The number of carbonyl (C=O) groups is 1. The lowest BCUT2D eigenvalue weighted by atomic mass is 10.2. The lowest BCUT2D eigenvalue weighted by Crippen LogP contribution is -2.28. The summed E-state index contributed by atoms with van der Waals surface area (Å²) in [4.78, 5) is 21.7. The molecule has 0 spiro atoms. The van der Waals surface area contributed by atoms with Crippen LogP contribution in [0, 0.1) is 12.7 Å². The monoisotopic (exact) mass is 275 g/mol. The maximum atomic E-state index is 12.9. The molecule has 0 bridgehead atoms. The van der Waals surface area contributed by atoms with E-state index in [2.05, 4.69) is 15.4 Å². The molecule has 7 heteroatoms. The maximum absolute atomic E-state index is 12.9. The van der Waals surface area contributed by atoms with Crippen molar-refractivity contribution in [1.82, 2.24) is 9.97 Å². The van der Waals surface area contributed by atoms with E-state index in [-0.39, 0.29) is 23.4 Å². The number of hydrogen-bond donors (Lipinski definition) is 2. The summed E-state index contributed by atoms with van der Waals surface area (Å²) in [6.07, 6.45) is 0. The van der Waals surface area contributed by atoms with Crippen molar-refractivity contribution in [3.63, 3.8) is 0 Å². The number of aryl methyl sites for hydroxylation is 1. The van der Waals surface area contributed by atoms with Crippen LogP contribution in [0.15, 0.2) is 30.3 Å². The van der Waals surface area contributed by atoms with Gasteiger partial charge in [-0.2, -0.15) is 0 Å². The fraction of sp³-hybridized carbons (Fsp3) is 0.154. The van der Waals surface area contributed by atoms with Crippen molar-refractivity contribution in [3.05, 3.63) is 47.5 Å². The molecule has 0 saturated carbocycles. The molecule has 0 saturated heterocycles. The van der Waals surface area contributed by atoms with E-state index in [0.29, 0.717) is 11.4 Å². The molecule has 104 valence electrons. The molecule has 2 rings (SSSR count). The Hall–Kier alpha value is -2.54. The first kappa shape index (κ1) is 13.9. The van der Waals surface area contributed by atoms with Crippen molar-refractivity contribution in [3.8, 4) is 0 Å². The minimum absolute atomic E-state index is 0.167. The molecule has 1 heterocycles. The number of nitrogens with two attached hydrogens (primary N) is 1. The second-order valence-electron chi connectivity index (χ2n) is 4.20. The number of hydrazine groups is 1. The van der Waals surface area contributed by atoms with Crippen LogP contribution < -0.4 is 16.2 Å². The highest BCUT2D eigenvalue weighted by Gasteiger charge is 2.16. The molecule has 0 aliphatic carbocycles. The average Bonchev–Trinajstić information content (AvgIpc) is 2.45. The number of carbonyl (C=O) groups excluding carboxylic acids is 1. The van der Waals surface area contributed by atoms with Crippen LogP contribution in [0.4, 0.5) is 16.0 Å². The fourth-order valence-corrected chi connectivity index (χ4v) is 1.70. The van der Waals surface area contributed by atoms with Crippen molar-refractivity contribution < 1.29 is 9.18 Å². The molecule has 0 unspecified atom stereocenters. The number of nitrogen functional groups attached to an aromatic ring is 1. The number of aromatic nitrogens is 2. The fourth-order valence-electron chi connectivity index (χ4n) is 1.70. The molecular formula is C13H14FN5O. The summed E-state index contributed by atoms with van der Waals surface area (Å²) < 4.78 is 12.9. The summed E-state index contributed by atoms with van der Waals surface area (Å²) in [6, 6.07) is 7.17. The SMILES string of the molecule is Cc1cc(C(=O)N(C)c2ccc(F)cc2)nc(NN)n1. The van der Waals surface area contributed by atoms with E-state index in [1.807, 2.05) is 0 Å². The zero-order chi connectivity index (χ0) is 14.7. The number of nitrogens with one attached hydrogen (secondary N) is 1. The number of halogens is 1. The summed E-state index contributed by atoms with van der Waals surface area (Å²) in [5, 5.41) is 0. The Labute approximate surface area is 115 Å². The van der Waals surface area contributed by atoms with Gasteiger partial charge in [-0.15, -0.1) is 0 Å². The van der Waals surface area contributed by atoms with E-state index in [1.165, 1.54) is 29.2 Å². The Kier molecular flexibility index (Phi) is 3.90. The minimum atomic E-state index is -0.359. The van der Waals surface area contributed by atoms with Crippen LogP contribution in [0.5, 0.6) is 0 Å². The summed E-state index contributed by atoms with van der Waals surface area (Å²) >= 11 is 0. The summed E-state index contributed by atoms with van der Waals surface area (Å²) in [5.41, 5.74) is 3.69. The summed E-state index contributed by atoms with van der Waals surface area (Å²) in [6.45, 7) is 1.73. The molecule has 3 N–H and O–H groups in total. The number of amides is 1. The van der Waals surface area contributed by atoms with E-state index in [1.54, 1.807) is 20.0 Å². The first-order chi connectivity index (χ1) is 9.51. The van der Waals surface area contributed by atoms with Crippen molar-refractivity contribution in [2.45, 2.75) is 6.92 Å². The van der Waals surface area contributed by atoms with Gasteiger partial charge in [-0.25, -0.2) is 20.2 Å². The van der Waals surface area contributed by atoms with E-state index in [9.17, 15) is 9.18 Å². The van der Waals surface area contributed by atoms with Crippen molar-refractivity contribution in [2.24, 2.45) is 5.84 Å². The van der Waals surface area contributed by atoms with Gasteiger partial charge in [0.2, 0.25) is 5.95 Å². The van der Waals surface area contributed by atoms with Gasteiger partial charge in [0.15, 0.2) is 0 Å². The maximum Gasteiger partial charge on any atom is 0.276 e. The first-order valence-electron chi connectivity index (χ1n) is 5.87. The predicted octanol–water partition coefficient (Wildman–Crippen LogP) is 1.49. The molecule has 2 aromatic rings.